The van der Waals surface area contributed by atoms with Crippen molar-refractivity contribution in [2.75, 3.05) is 5.73 Å². The number of benzene rings is 2. The van der Waals surface area contributed by atoms with Gasteiger partial charge in [-0.3, -0.25) is 4.57 Å². The van der Waals surface area contributed by atoms with E-state index in [1.54, 1.807) is 0 Å². The molecule has 18 heavy (non-hydrogen) atoms. The molecule has 0 bridgehead atoms. The van der Waals surface area contributed by atoms with Gasteiger partial charge in [0.1, 0.15) is 0 Å². The Bertz CT molecular complexity index is 731. The number of rotatable bonds is 1. The van der Waals surface area contributed by atoms with Crippen LogP contribution in [0.15, 0.2) is 42.5 Å². The molecule has 0 spiro atoms. The molecule has 2 N–H and O–H groups in total. The van der Waals surface area contributed by atoms with Gasteiger partial charge in [0.15, 0.2) is 0 Å². The largest absolute Gasteiger partial charge is 0.369 e. The molecule has 1 heterocycles. The Morgan fingerprint density at radius 2 is 1.94 bits per heavy atom. The van der Waals surface area contributed by atoms with Gasteiger partial charge in [0.05, 0.1) is 16.7 Å². The predicted octanol–water partition coefficient (Wildman–Crippen LogP) is 3.57. The Balaban J connectivity index is 2.36. The number of hydrogen-bond acceptors (Lipinski definition) is 2. The highest BCUT2D eigenvalue weighted by Crippen LogP contribution is 2.26. The van der Waals surface area contributed by atoms with E-state index in [1.165, 1.54) is 0 Å². The number of halogens is 1. The van der Waals surface area contributed by atoms with Gasteiger partial charge in [-0.25, -0.2) is 4.98 Å². The van der Waals surface area contributed by atoms with Gasteiger partial charge in [0, 0.05) is 5.02 Å². The standard InChI is InChI=1S/C14H12ClN3/c1-9-4-2-3-5-12(9)18-13-7-6-10(15)8-11(13)17-14(18)16/h2-8H,1H3,(H2,16,17). The van der Waals surface area contributed by atoms with Gasteiger partial charge in [-0.05, 0) is 36.8 Å². The summed E-state index contributed by atoms with van der Waals surface area (Å²) < 4.78 is 1.95. The van der Waals surface area contributed by atoms with Crippen LogP contribution in [0.4, 0.5) is 5.95 Å². The summed E-state index contributed by atoms with van der Waals surface area (Å²) >= 11 is 5.97. The maximum atomic E-state index is 6.01. The second kappa shape index (κ2) is 4.03. The van der Waals surface area contributed by atoms with E-state index in [2.05, 4.69) is 18.0 Å². The fourth-order valence-electron chi connectivity index (χ4n) is 2.14. The molecular weight excluding hydrogens is 246 g/mol. The molecule has 4 heteroatoms. The van der Waals surface area contributed by atoms with E-state index in [0.717, 1.165) is 22.3 Å². The molecule has 0 aliphatic rings. The summed E-state index contributed by atoms with van der Waals surface area (Å²) in [5, 5.41) is 0.664. The topological polar surface area (TPSA) is 43.8 Å². The van der Waals surface area contributed by atoms with Crippen molar-refractivity contribution in [1.29, 1.82) is 0 Å². The van der Waals surface area contributed by atoms with Crippen LogP contribution in [0.1, 0.15) is 5.56 Å². The number of fused-ring (bicyclic) bond motifs is 1. The van der Waals surface area contributed by atoms with Gasteiger partial charge in [-0.15, -0.1) is 0 Å². The van der Waals surface area contributed by atoms with Crippen LogP contribution >= 0.6 is 11.6 Å². The summed E-state index contributed by atoms with van der Waals surface area (Å²) in [5.41, 5.74) is 9.98. The van der Waals surface area contributed by atoms with Crippen LogP contribution < -0.4 is 5.73 Å². The van der Waals surface area contributed by atoms with Crippen molar-refractivity contribution < 1.29 is 0 Å². The van der Waals surface area contributed by atoms with Gasteiger partial charge < -0.3 is 5.73 Å². The van der Waals surface area contributed by atoms with Crippen LogP contribution in [-0.4, -0.2) is 9.55 Å². The Kier molecular flexibility index (Phi) is 2.49. The summed E-state index contributed by atoms with van der Waals surface area (Å²) in [7, 11) is 0. The summed E-state index contributed by atoms with van der Waals surface area (Å²) in [6.07, 6.45) is 0. The number of hydrogen-bond donors (Lipinski definition) is 1. The summed E-state index contributed by atoms with van der Waals surface area (Å²) in [4.78, 5) is 4.35. The molecule has 3 nitrogen and oxygen atoms in total. The van der Waals surface area contributed by atoms with Crippen molar-refractivity contribution in [2.24, 2.45) is 0 Å². The minimum absolute atomic E-state index is 0.474. The number of para-hydroxylation sites is 1. The third-order valence-electron chi connectivity index (χ3n) is 3.00. The minimum atomic E-state index is 0.474. The Morgan fingerprint density at radius 1 is 1.17 bits per heavy atom. The maximum absolute atomic E-state index is 6.01. The van der Waals surface area contributed by atoms with Crippen LogP contribution in [0, 0.1) is 6.92 Å². The normalized spacial score (nSPS) is 11.0. The molecular formula is C14H12ClN3. The number of nitrogens with zero attached hydrogens (tertiary/aromatic N) is 2. The van der Waals surface area contributed by atoms with Crippen molar-refractivity contribution in [3.63, 3.8) is 0 Å². The lowest BCUT2D eigenvalue weighted by atomic mass is 10.2. The molecule has 0 saturated heterocycles. The quantitative estimate of drug-likeness (QED) is 0.724. The summed E-state index contributed by atoms with van der Waals surface area (Å²) in [6, 6.07) is 13.7. The van der Waals surface area contributed by atoms with Crippen molar-refractivity contribution in [1.82, 2.24) is 9.55 Å². The average molecular weight is 258 g/mol. The zero-order valence-corrected chi connectivity index (χ0v) is 10.6. The van der Waals surface area contributed by atoms with Gasteiger partial charge >= 0.3 is 0 Å². The van der Waals surface area contributed by atoms with E-state index in [0.29, 0.717) is 11.0 Å². The first-order valence-corrected chi connectivity index (χ1v) is 6.04. The molecule has 1 aromatic heterocycles. The molecule has 3 rings (SSSR count). The van der Waals surface area contributed by atoms with Crippen LogP contribution in [0.5, 0.6) is 0 Å². The van der Waals surface area contributed by atoms with Crippen LogP contribution in [-0.2, 0) is 0 Å². The van der Waals surface area contributed by atoms with Crippen LogP contribution in [0.2, 0.25) is 5.02 Å². The number of aromatic nitrogens is 2. The Hall–Kier alpha value is -2.00. The molecule has 0 aliphatic heterocycles. The van der Waals surface area contributed by atoms with Gasteiger partial charge in [-0.2, -0.15) is 0 Å². The molecule has 0 aliphatic carbocycles. The van der Waals surface area contributed by atoms with Crippen molar-refractivity contribution in [3.8, 4) is 5.69 Å². The minimum Gasteiger partial charge on any atom is -0.369 e. The zero-order valence-electron chi connectivity index (χ0n) is 9.89. The lowest BCUT2D eigenvalue weighted by molar-refractivity contribution is 1.09. The molecule has 0 amide bonds. The molecule has 3 aromatic rings. The number of aryl methyl sites for hydroxylation is 1. The molecule has 90 valence electrons. The van der Waals surface area contributed by atoms with E-state index in [9.17, 15) is 0 Å². The molecule has 0 radical (unpaired) electrons. The number of nitrogens with two attached hydrogens (primary N) is 1. The molecule has 0 atom stereocenters. The lowest BCUT2D eigenvalue weighted by Gasteiger charge is -2.09. The van der Waals surface area contributed by atoms with E-state index in [-0.39, 0.29) is 0 Å². The monoisotopic (exact) mass is 257 g/mol. The first kappa shape index (κ1) is 11.1. The van der Waals surface area contributed by atoms with E-state index in [4.69, 9.17) is 17.3 Å². The maximum Gasteiger partial charge on any atom is 0.205 e. The van der Waals surface area contributed by atoms with Crippen LogP contribution in [0.3, 0.4) is 0 Å². The van der Waals surface area contributed by atoms with Gasteiger partial charge in [-0.1, -0.05) is 29.8 Å². The third kappa shape index (κ3) is 1.64. The van der Waals surface area contributed by atoms with Gasteiger partial charge in [0.2, 0.25) is 5.95 Å². The second-order valence-corrected chi connectivity index (χ2v) is 4.66. The van der Waals surface area contributed by atoms with Crippen molar-refractivity contribution in [3.05, 3.63) is 53.1 Å². The predicted molar refractivity (Wildman–Crippen MR) is 75.2 cm³/mol. The third-order valence-corrected chi connectivity index (χ3v) is 3.23. The first-order chi connectivity index (χ1) is 8.66. The van der Waals surface area contributed by atoms with Gasteiger partial charge in [0.25, 0.3) is 0 Å². The smallest absolute Gasteiger partial charge is 0.205 e. The first-order valence-electron chi connectivity index (χ1n) is 5.66. The SMILES string of the molecule is Cc1ccccc1-n1c(N)nc2cc(Cl)ccc21. The summed E-state index contributed by atoms with van der Waals surface area (Å²) in [5.74, 6) is 0.474. The number of imidazole rings is 1. The molecule has 0 unspecified atom stereocenters. The summed E-state index contributed by atoms with van der Waals surface area (Å²) in [6.45, 7) is 2.05. The fourth-order valence-corrected chi connectivity index (χ4v) is 2.31. The Morgan fingerprint density at radius 3 is 2.72 bits per heavy atom. The second-order valence-electron chi connectivity index (χ2n) is 4.22. The highest BCUT2D eigenvalue weighted by Gasteiger charge is 2.11. The van der Waals surface area contributed by atoms with Crippen molar-refractivity contribution in [2.45, 2.75) is 6.92 Å². The molecule has 0 fully saturated rings. The Labute approximate surface area is 110 Å². The number of nitrogen functional groups attached to an aromatic ring is 1. The van der Waals surface area contributed by atoms with Crippen LogP contribution in [0.25, 0.3) is 16.7 Å². The molecule has 2 aromatic carbocycles. The average Bonchev–Trinajstić information content (AvgIpc) is 2.65. The van der Waals surface area contributed by atoms with E-state index >= 15 is 0 Å². The van der Waals surface area contributed by atoms with E-state index < -0.39 is 0 Å². The van der Waals surface area contributed by atoms with Crippen molar-refractivity contribution >= 4 is 28.6 Å². The highest BCUT2D eigenvalue weighted by atomic mass is 35.5. The lowest BCUT2D eigenvalue weighted by Crippen LogP contribution is -2.02. The highest BCUT2D eigenvalue weighted by molar-refractivity contribution is 6.31. The van der Waals surface area contributed by atoms with E-state index in [1.807, 2.05) is 41.0 Å². The fraction of sp³-hybridized carbons (Fsp3) is 0.0714. The number of anilines is 1. The molecule has 0 saturated carbocycles. The zero-order chi connectivity index (χ0) is 12.7.